The molecule has 3 aromatic carbocycles. The number of fused-ring (bicyclic) bond motifs is 3. The molecular weight excluding hydrogens is 468 g/mol. The number of hydrogen-bond acceptors (Lipinski definition) is 4. The van der Waals surface area contributed by atoms with Gasteiger partial charge in [-0.2, -0.15) is 0 Å². The second-order valence-electron chi connectivity index (χ2n) is 8.99. The minimum Gasteiger partial charge on any atom is -0.478 e. The molecule has 8 heteroatoms. The van der Waals surface area contributed by atoms with Gasteiger partial charge in [0.2, 0.25) is 5.91 Å². The molecule has 1 saturated carbocycles. The van der Waals surface area contributed by atoms with E-state index in [1.165, 1.54) is 18.2 Å². The fourth-order valence-corrected chi connectivity index (χ4v) is 4.88. The monoisotopic (exact) mass is 490 g/mol. The van der Waals surface area contributed by atoms with Crippen molar-refractivity contribution in [2.24, 2.45) is 0 Å². The molecule has 0 aliphatic heterocycles. The molecule has 35 heavy (non-hydrogen) atoms. The van der Waals surface area contributed by atoms with Crippen LogP contribution in [0.25, 0.3) is 11.1 Å². The molecule has 178 valence electrons. The van der Waals surface area contributed by atoms with Crippen LogP contribution in [-0.2, 0) is 9.53 Å². The summed E-state index contributed by atoms with van der Waals surface area (Å²) in [6, 6.07) is 20.3. The molecule has 3 aromatic rings. The molecule has 2 amide bonds. The molecule has 2 aliphatic carbocycles. The minimum absolute atomic E-state index is 0.0225. The highest BCUT2D eigenvalue weighted by molar-refractivity contribution is 6.31. The number of ether oxygens (including phenoxy) is 1. The van der Waals surface area contributed by atoms with Gasteiger partial charge in [-0.05, 0) is 53.3 Å². The second-order valence-corrected chi connectivity index (χ2v) is 9.43. The van der Waals surface area contributed by atoms with E-state index in [1.54, 1.807) is 0 Å². The summed E-state index contributed by atoms with van der Waals surface area (Å²) in [6.45, 7) is 0.197. The lowest BCUT2D eigenvalue weighted by atomic mass is 9.98. The Labute approximate surface area is 207 Å². The first-order valence-corrected chi connectivity index (χ1v) is 11.7. The van der Waals surface area contributed by atoms with Gasteiger partial charge in [-0.15, -0.1) is 0 Å². The zero-order valence-corrected chi connectivity index (χ0v) is 19.5. The SMILES string of the molecule is O=C(CC1(NC(=O)OCC2c3ccccc3-c3ccccc32)CC1)Nc1cc(Cl)cc(C(=O)O)c1. The lowest BCUT2D eigenvalue weighted by molar-refractivity contribution is -0.116. The molecule has 0 saturated heterocycles. The van der Waals surface area contributed by atoms with Crippen molar-refractivity contribution in [3.8, 4) is 11.1 Å². The zero-order chi connectivity index (χ0) is 24.6. The molecule has 0 spiro atoms. The summed E-state index contributed by atoms with van der Waals surface area (Å²) >= 11 is 5.96. The summed E-state index contributed by atoms with van der Waals surface area (Å²) < 4.78 is 5.61. The maximum Gasteiger partial charge on any atom is 0.407 e. The lowest BCUT2D eigenvalue weighted by Gasteiger charge is -2.19. The third-order valence-corrected chi connectivity index (χ3v) is 6.71. The van der Waals surface area contributed by atoms with Gasteiger partial charge in [0.15, 0.2) is 0 Å². The molecule has 5 rings (SSSR count). The Hall–Kier alpha value is -3.84. The van der Waals surface area contributed by atoms with Gasteiger partial charge >= 0.3 is 12.1 Å². The van der Waals surface area contributed by atoms with Crippen molar-refractivity contribution in [3.05, 3.63) is 88.4 Å². The second kappa shape index (κ2) is 9.07. The number of rotatable bonds is 7. The van der Waals surface area contributed by atoms with Crippen molar-refractivity contribution in [2.45, 2.75) is 30.7 Å². The number of alkyl carbamates (subject to hydrolysis) is 1. The van der Waals surface area contributed by atoms with Gasteiger partial charge in [0.05, 0.1) is 17.5 Å². The van der Waals surface area contributed by atoms with E-state index in [9.17, 15) is 14.4 Å². The molecule has 0 radical (unpaired) electrons. The maximum absolute atomic E-state index is 12.6. The van der Waals surface area contributed by atoms with Gasteiger partial charge in [-0.25, -0.2) is 9.59 Å². The number of aromatic carboxylic acids is 1. The van der Waals surface area contributed by atoms with E-state index < -0.39 is 17.6 Å². The molecule has 0 unspecified atom stereocenters. The van der Waals surface area contributed by atoms with Gasteiger partial charge in [0.25, 0.3) is 0 Å². The summed E-state index contributed by atoms with van der Waals surface area (Å²) in [7, 11) is 0. The Kier molecular flexibility index (Phi) is 5.94. The number of carboxylic acids is 1. The predicted octanol–water partition coefficient (Wildman–Crippen LogP) is 5.44. The Bertz CT molecular complexity index is 1290. The number of benzene rings is 3. The molecular formula is C27H23ClN2O5. The van der Waals surface area contributed by atoms with Crippen molar-refractivity contribution in [1.82, 2.24) is 5.32 Å². The molecule has 3 N–H and O–H groups in total. The van der Waals surface area contributed by atoms with Crippen LogP contribution in [0.1, 0.15) is 46.7 Å². The third kappa shape index (κ3) is 4.86. The van der Waals surface area contributed by atoms with Crippen molar-refractivity contribution in [1.29, 1.82) is 0 Å². The van der Waals surface area contributed by atoms with E-state index in [4.69, 9.17) is 21.4 Å². The molecule has 7 nitrogen and oxygen atoms in total. The van der Waals surface area contributed by atoms with E-state index in [1.807, 2.05) is 24.3 Å². The van der Waals surface area contributed by atoms with Crippen LogP contribution in [0.3, 0.4) is 0 Å². The van der Waals surface area contributed by atoms with E-state index in [0.717, 1.165) is 22.3 Å². The van der Waals surface area contributed by atoms with Crippen LogP contribution in [0.15, 0.2) is 66.7 Å². The van der Waals surface area contributed by atoms with Crippen LogP contribution in [0.4, 0.5) is 10.5 Å². The first-order valence-electron chi connectivity index (χ1n) is 11.3. The van der Waals surface area contributed by atoms with Gasteiger partial charge < -0.3 is 20.5 Å². The summed E-state index contributed by atoms with van der Waals surface area (Å²) in [4.78, 5) is 36.4. The number of anilines is 1. The largest absolute Gasteiger partial charge is 0.478 e. The van der Waals surface area contributed by atoms with E-state index in [-0.39, 0.29) is 41.1 Å². The minimum atomic E-state index is -1.14. The Balaban J connectivity index is 1.19. The quantitative estimate of drug-likeness (QED) is 0.409. The van der Waals surface area contributed by atoms with Gasteiger partial charge in [-0.1, -0.05) is 60.1 Å². The van der Waals surface area contributed by atoms with E-state index in [0.29, 0.717) is 12.8 Å². The van der Waals surface area contributed by atoms with E-state index >= 15 is 0 Å². The maximum atomic E-state index is 12.6. The van der Waals surface area contributed by atoms with Crippen LogP contribution in [-0.4, -0.2) is 35.2 Å². The summed E-state index contributed by atoms with van der Waals surface area (Å²) in [5.74, 6) is -1.53. The molecule has 0 atom stereocenters. The highest BCUT2D eigenvalue weighted by atomic mass is 35.5. The van der Waals surface area contributed by atoms with Gasteiger partial charge in [-0.3, -0.25) is 4.79 Å². The van der Waals surface area contributed by atoms with Crippen molar-refractivity contribution >= 4 is 35.3 Å². The van der Waals surface area contributed by atoms with Crippen LogP contribution in [0.2, 0.25) is 5.02 Å². The van der Waals surface area contributed by atoms with Crippen molar-refractivity contribution in [2.75, 3.05) is 11.9 Å². The fraction of sp³-hybridized carbons (Fsp3) is 0.222. The molecule has 2 aliphatic rings. The third-order valence-electron chi connectivity index (χ3n) is 6.49. The Morgan fingerprint density at radius 2 is 1.60 bits per heavy atom. The normalized spacial score (nSPS) is 15.0. The topological polar surface area (TPSA) is 105 Å². The van der Waals surface area contributed by atoms with Crippen LogP contribution in [0, 0.1) is 0 Å². The Morgan fingerprint density at radius 1 is 0.971 bits per heavy atom. The summed E-state index contributed by atoms with van der Waals surface area (Å²) in [5, 5.41) is 14.9. The smallest absolute Gasteiger partial charge is 0.407 e. The predicted molar refractivity (Wildman–Crippen MR) is 132 cm³/mol. The molecule has 1 fully saturated rings. The summed E-state index contributed by atoms with van der Waals surface area (Å²) in [5.41, 5.74) is 4.16. The van der Waals surface area contributed by atoms with Crippen LogP contribution < -0.4 is 10.6 Å². The molecule has 0 bridgehead atoms. The van der Waals surface area contributed by atoms with E-state index in [2.05, 4.69) is 34.9 Å². The number of carbonyl (C=O) groups excluding carboxylic acids is 2. The number of carbonyl (C=O) groups is 3. The number of carboxylic acid groups (broad SMARTS) is 1. The highest BCUT2D eigenvalue weighted by Gasteiger charge is 2.46. The number of hydrogen-bond donors (Lipinski definition) is 3. The average Bonchev–Trinajstić information content (AvgIpc) is 3.49. The fourth-order valence-electron chi connectivity index (χ4n) is 4.65. The number of halogens is 1. The first-order chi connectivity index (χ1) is 16.8. The highest BCUT2D eigenvalue weighted by Crippen LogP contribution is 2.44. The van der Waals surface area contributed by atoms with Gasteiger partial charge in [0, 0.05) is 16.6 Å². The van der Waals surface area contributed by atoms with Crippen molar-refractivity contribution < 1.29 is 24.2 Å². The van der Waals surface area contributed by atoms with Gasteiger partial charge in [0.1, 0.15) is 6.61 Å². The zero-order valence-electron chi connectivity index (χ0n) is 18.7. The molecule has 0 heterocycles. The lowest BCUT2D eigenvalue weighted by Crippen LogP contribution is -2.40. The Morgan fingerprint density at radius 3 is 2.20 bits per heavy atom. The number of nitrogens with one attached hydrogen (secondary N) is 2. The number of amides is 2. The first kappa shape index (κ1) is 22.9. The summed E-state index contributed by atoms with van der Waals surface area (Å²) in [6.07, 6.45) is 0.792. The van der Waals surface area contributed by atoms with Crippen molar-refractivity contribution in [3.63, 3.8) is 0 Å². The van der Waals surface area contributed by atoms with Crippen LogP contribution >= 0.6 is 11.6 Å². The molecule has 0 aromatic heterocycles. The van der Waals surface area contributed by atoms with Crippen LogP contribution in [0.5, 0.6) is 0 Å². The average molecular weight is 491 g/mol. The standard InChI is InChI=1S/C27H23ClN2O5/c28-17-11-16(25(32)33)12-18(13-17)29-24(31)14-27(9-10-27)30-26(34)35-15-23-21-7-3-1-5-19(21)20-6-2-4-8-22(20)23/h1-8,11-13,23H,9-10,14-15H2,(H,29,31)(H,30,34)(H,32,33).